The molecule has 1 rings (SSSR count). The molecule has 0 atom stereocenters. The highest BCUT2D eigenvalue weighted by Crippen LogP contribution is 2.06. The van der Waals surface area contributed by atoms with Gasteiger partial charge in [0.15, 0.2) is 5.78 Å². The third kappa shape index (κ3) is 1.67. The van der Waals surface area contributed by atoms with E-state index in [9.17, 15) is 4.79 Å². The summed E-state index contributed by atoms with van der Waals surface area (Å²) in [6.07, 6.45) is 1.65. The van der Waals surface area contributed by atoms with Gasteiger partial charge in [0.1, 0.15) is 11.1 Å². The summed E-state index contributed by atoms with van der Waals surface area (Å²) in [5.41, 5.74) is 0. The van der Waals surface area contributed by atoms with Gasteiger partial charge in [0.05, 0.1) is 6.20 Å². The van der Waals surface area contributed by atoms with Gasteiger partial charge in [0, 0.05) is 0 Å². The molecule has 0 aliphatic carbocycles. The Morgan fingerprint density at radius 2 is 2.60 bits per heavy atom. The molecule has 0 bridgehead atoms. The van der Waals surface area contributed by atoms with Crippen molar-refractivity contribution in [1.82, 2.24) is 9.78 Å². The van der Waals surface area contributed by atoms with Crippen molar-refractivity contribution in [3.8, 4) is 0 Å². The van der Waals surface area contributed by atoms with E-state index < -0.39 is 0 Å². The summed E-state index contributed by atoms with van der Waals surface area (Å²) >= 11 is 3.24. The van der Waals surface area contributed by atoms with Crippen LogP contribution in [-0.4, -0.2) is 15.6 Å². The van der Waals surface area contributed by atoms with Gasteiger partial charge in [-0.15, -0.1) is 0 Å². The molecule has 0 saturated carbocycles. The maximum atomic E-state index is 10.6. The molecule has 0 aliphatic heterocycles. The number of carbonyl (C=O) groups is 1. The summed E-state index contributed by atoms with van der Waals surface area (Å²) in [6, 6.07) is 1.79. The zero-order valence-corrected chi connectivity index (χ0v) is 7.13. The second kappa shape index (κ2) is 2.96. The van der Waals surface area contributed by atoms with Crippen LogP contribution in [0.5, 0.6) is 0 Å². The minimum Gasteiger partial charge on any atom is -0.298 e. The number of halogens is 1. The number of carbonyl (C=O) groups excluding carboxylic acids is 1. The lowest BCUT2D eigenvalue weighted by atomic mass is 10.4. The van der Waals surface area contributed by atoms with Crippen LogP contribution < -0.4 is 0 Å². The number of rotatable bonds is 2. The molecule has 0 saturated heterocycles. The monoisotopic (exact) mass is 202 g/mol. The van der Waals surface area contributed by atoms with Crippen molar-refractivity contribution in [2.24, 2.45) is 0 Å². The molecule has 0 fully saturated rings. The Bertz CT molecular complexity index is 244. The smallest absolute Gasteiger partial charge is 0.151 e. The zero-order chi connectivity index (χ0) is 7.56. The van der Waals surface area contributed by atoms with Crippen LogP contribution in [0.1, 0.15) is 6.92 Å². The fraction of sp³-hybridized carbons (Fsp3) is 0.333. The molecule has 1 aromatic rings. The van der Waals surface area contributed by atoms with Crippen LogP contribution in [0.4, 0.5) is 0 Å². The first-order chi connectivity index (χ1) is 4.70. The van der Waals surface area contributed by atoms with E-state index in [-0.39, 0.29) is 5.78 Å². The first-order valence-corrected chi connectivity index (χ1v) is 3.66. The van der Waals surface area contributed by atoms with Crippen LogP contribution >= 0.6 is 15.9 Å². The van der Waals surface area contributed by atoms with E-state index in [1.165, 1.54) is 6.92 Å². The molecule has 1 aromatic heterocycles. The zero-order valence-electron chi connectivity index (χ0n) is 5.54. The predicted molar refractivity (Wildman–Crippen MR) is 40.6 cm³/mol. The molecule has 0 spiro atoms. The summed E-state index contributed by atoms with van der Waals surface area (Å²) in [5, 5.41) is 3.90. The Morgan fingerprint density at radius 1 is 1.90 bits per heavy atom. The van der Waals surface area contributed by atoms with Gasteiger partial charge >= 0.3 is 0 Å². The standard InChI is InChI=1S/C6H7BrN2O/c1-5(10)4-9-6(7)2-3-8-9/h2-3H,4H2,1H3. The lowest BCUT2D eigenvalue weighted by Gasteiger charge is -1.96. The van der Waals surface area contributed by atoms with Crippen molar-refractivity contribution in [3.05, 3.63) is 16.9 Å². The molecule has 0 radical (unpaired) electrons. The van der Waals surface area contributed by atoms with Crippen molar-refractivity contribution >= 4 is 21.7 Å². The minimum absolute atomic E-state index is 0.101. The van der Waals surface area contributed by atoms with E-state index in [4.69, 9.17) is 0 Å². The Morgan fingerprint density at radius 3 is 3.00 bits per heavy atom. The highest BCUT2D eigenvalue weighted by molar-refractivity contribution is 9.10. The Labute approximate surface area is 67.2 Å². The molecule has 0 N–H and O–H groups in total. The van der Waals surface area contributed by atoms with E-state index >= 15 is 0 Å². The van der Waals surface area contributed by atoms with Crippen LogP contribution in [0, 0.1) is 0 Å². The lowest BCUT2D eigenvalue weighted by Crippen LogP contribution is -2.07. The van der Waals surface area contributed by atoms with E-state index in [1.54, 1.807) is 16.9 Å². The van der Waals surface area contributed by atoms with Gasteiger partial charge in [-0.1, -0.05) is 0 Å². The summed E-state index contributed by atoms with van der Waals surface area (Å²) in [6.45, 7) is 1.88. The molecule has 10 heavy (non-hydrogen) atoms. The van der Waals surface area contributed by atoms with Crippen molar-refractivity contribution in [2.45, 2.75) is 13.5 Å². The van der Waals surface area contributed by atoms with Gasteiger partial charge in [-0.2, -0.15) is 5.10 Å². The fourth-order valence-electron chi connectivity index (χ4n) is 0.644. The molecular formula is C6H7BrN2O. The highest BCUT2D eigenvalue weighted by atomic mass is 79.9. The molecule has 0 unspecified atom stereocenters. The largest absolute Gasteiger partial charge is 0.298 e. The minimum atomic E-state index is 0.101. The van der Waals surface area contributed by atoms with Gasteiger partial charge in [-0.3, -0.25) is 9.48 Å². The third-order valence-electron chi connectivity index (χ3n) is 1.04. The number of ketones is 1. The molecule has 0 amide bonds. The van der Waals surface area contributed by atoms with E-state index in [1.807, 2.05) is 0 Å². The third-order valence-corrected chi connectivity index (χ3v) is 1.71. The molecule has 4 heteroatoms. The summed E-state index contributed by atoms with van der Waals surface area (Å²) in [7, 11) is 0. The molecule has 0 aliphatic rings. The Balaban J connectivity index is 2.74. The Kier molecular flexibility index (Phi) is 2.21. The van der Waals surface area contributed by atoms with Crippen molar-refractivity contribution in [1.29, 1.82) is 0 Å². The maximum absolute atomic E-state index is 10.6. The van der Waals surface area contributed by atoms with Crippen molar-refractivity contribution in [2.75, 3.05) is 0 Å². The molecule has 3 nitrogen and oxygen atoms in total. The highest BCUT2D eigenvalue weighted by Gasteiger charge is 1.99. The number of hydrogen-bond donors (Lipinski definition) is 0. The van der Waals surface area contributed by atoms with E-state index in [2.05, 4.69) is 21.0 Å². The van der Waals surface area contributed by atoms with Crippen LogP contribution in [0.15, 0.2) is 16.9 Å². The van der Waals surface area contributed by atoms with Gasteiger partial charge in [-0.05, 0) is 28.9 Å². The maximum Gasteiger partial charge on any atom is 0.151 e. The fourth-order valence-corrected chi connectivity index (χ4v) is 0.979. The summed E-state index contributed by atoms with van der Waals surface area (Å²) in [4.78, 5) is 10.6. The molecule has 0 aromatic carbocycles. The van der Waals surface area contributed by atoms with Crippen LogP contribution in [-0.2, 0) is 11.3 Å². The number of hydrogen-bond acceptors (Lipinski definition) is 2. The van der Waals surface area contributed by atoms with Crippen LogP contribution in [0.2, 0.25) is 0 Å². The number of Topliss-reactive ketones (excluding diaryl/α,β-unsaturated/α-hetero) is 1. The number of aromatic nitrogens is 2. The second-order valence-corrected chi connectivity index (χ2v) is 2.83. The van der Waals surface area contributed by atoms with Gasteiger partial charge in [0.25, 0.3) is 0 Å². The average molecular weight is 203 g/mol. The molecular weight excluding hydrogens is 196 g/mol. The molecule has 1 heterocycles. The number of nitrogens with zero attached hydrogens (tertiary/aromatic N) is 2. The van der Waals surface area contributed by atoms with Gasteiger partial charge in [-0.25, -0.2) is 0 Å². The summed E-state index contributed by atoms with van der Waals surface area (Å²) in [5.74, 6) is 0.101. The van der Waals surface area contributed by atoms with Crippen molar-refractivity contribution < 1.29 is 4.79 Å². The Hall–Kier alpha value is -0.640. The average Bonchev–Trinajstić information content (AvgIpc) is 2.15. The SMILES string of the molecule is CC(=O)Cn1nccc1Br. The van der Waals surface area contributed by atoms with Crippen LogP contribution in [0.3, 0.4) is 0 Å². The van der Waals surface area contributed by atoms with Crippen LogP contribution in [0.25, 0.3) is 0 Å². The van der Waals surface area contributed by atoms with Gasteiger partial charge < -0.3 is 0 Å². The summed E-state index contributed by atoms with van der Waals surface area (Å²) < 4.78 is 2.44. The first-order valence-electron chi connectivity index (χ1n) is 2.87. The van der Waals surface area contributed by atoms with Crippen molar-refractivity contribution in [3.63, 3.8) is 0 Å². The van der Waals surface area contributed by atoms with E-state index in [0.717, 1.165) is 4.60 Å². The predicted octanol–water partition coefficient (Wildman–Crippen LogP) is 1.23. The second-order valence-electron chi connectivity index (χ2n) is 2.01. The normalized spacial score (nSPS) is 9.80. The lowest BCUT2D eigenvalue weighted by molar-refractivity contribution is -0.117. The quantitative estimate of drug-likeness (QED) is 0.724. The van der Waals surface area contributed by atoms with Gasteiger partial charge in [0.2, 0.25) is 0 Å². The molecule has 54 valence electrons. The topological polar surface area (TPSA) is 34.9 Å². The van der Waals surface area contributed by atoms with E-state index in [0.29, 0.717) is 6.54 Å². The first kappa shape index (κ1) is 7.47.